The number of rotatable bonds is 3. The molecule has 66 valence electrons. The normalized spacial score (nSPS) is 21.8. The number of carbonyl (C=O) groups excluding carboxylic acids is 2. The molecule has 4 heteroatoms. The van der Waals surface area contributed by atoms with Crippen LogP contribution >= 0.6 is 0 Å². The molecule has 0 spiro atoms. The van der Waals surface area contributed by atoms with Gasteiger partial charge in [-0.25, -0.2) is 4.79 Å². The summed E-state index contributed by atoms with van der Waals surface area (Å²) < 4.78 is 4.65. The van der Waals surface area contributed by atoms with Crippen molar-refractivity contribution >= 4 is 11.9 Å². The summed E-state index contributed by atoms with van der Waals surface area (Å²) in [6.07, 6.45) is 3.45. The zero-order valence-corrected chi connectivity index (χ0v) is 6.87. The van der Waals surface area contributed by atoms with Crippen LogP contribution in [0.2, 0.25) is 0 Å². The second-order valence-corrected chi connectivity index (χ2v) is 2.49. The number of amides is 1. The maximum atomic E-state index is 10.7. The molecule has 0 aromatic carbocycles. The Morgan fingerprint density at radius 2 is 2.50 bits per heavy atom. The van der Waals surface area contributed by atoms with Crippen LogP contribution in [-0.2, 0) is 14.3 Å². The smallest absolute Gasteiger partial charge is 0.330 e. The molecular weight excluding hydrogens is 158 g/mol. The molecule has 0 radical (unpaired) electrons. The van der Waals surface area contributed by atoms with Gasteiger partial charge in [-0.15, -0.1) is 0 Å². The van der Waals surface area contributed by atoms with E-state index < -0.39 is 0 Å². The number of hydrogen-bond donors (Lipinski definition) is 1. The molecular formula is C8H11NO3. The van der Waals surface area contributed by atoms with E-state index in [2.05, 4.69) is 10.1 Å². The molecule has 1 rings (SSSR count). The quantitative estimate of drug-likeness (QED) is 0.367. The Kier molecular flexibility index (Phi) is 2.85. The molecule has 1 aliphatic rings. The lowest BCUT2D eigenvalue weighted by Gasteiger charge is -2.23. The van der Waals surface area contributed by atoms with Crippen LogP contribution in [0.4, 0.5) is 0 Å². The van der Waals surface area contributed by atoms with Gasteiger partial charge in [-0.05, 0) is 6.92 Å². The number of ether oxygens (including phenoxy) is 1. The van der Waals surface area contributed by atoms with Crippen molar-refractivity contribution in [2.24, 2.45) is 0 Å². The first-order chi connectivity index (χ1) is 5.72. The van der Waals surface area contributed by atoms with Crippen LogP contribution in [0.5, 0.6) is 0 Å². The van der Waals surface area contributed by atoms with E-state index in [1.165, 1.54) is 6.08 Å². The zero-order chi connectivity index (χ0) is 8.97. The molecule has 1 saturated heterocycles. The number of β-lactam (4-membered cyclic amide) rings is 1. The molecule has 0 unspecified atom stereocenters. The number of hydrogen-bond acceptors (Lipinski definition) is 3. The van der Waals surface area contributed by atoms with Crippen LogP contribution in [-0.4, -0.2) is 24.5 Å². The monoisotopic (exact) mass is 169 g/mol. The van der Waals surface area contributed by atoms with Gasteiger partial charge in [-0.2, -0.15) is 0 Å². The van der Waals surface area contributed by atoms with Gasteiger partial charge in [0, 0.05) is 6.08 Å². The van der Waals surface area contributed by atoms with Gasteiger partial charge in [-0.1, -0.05) is 6.08 Å². The summed E-state index contributed by atoms with van der Waals surface area (Å²) in [4.78, 5) is 21.2. The molecule has 0 saturated carbocycles. The second-order valence-electron chi connectivity index (χ2n) is 2.49. The standard InChI is InChI=1S/C8H11NO3/c1-2-12-8(11)4-3-6-5-7(10)9-6/h3-4,6H,2,5H2,1H3,(H,9,10)/t6-/m1/s1. The minimum Gasteiger partial charge on any atom is -0.463 e. The van der Waals surface area contributed by atoms with E-state index in [0.29, 0.717) is 13.0 Å². The Bertz CT molecular complexity index is 214. The van der Waals surface area contributed by atoms with Crippen molar-refractivity contribution in [2.75, 3.05) is 6.61 Å². The minimum atomic E-state index is -0.362. The van der Waals surface area contributed by atoms with Crippen LogP contribution in [0.15, 0.2) is 12.2 Å². The summed E-state index contributed by atoms with van der Waals surface area (Å²) in [5.41, 5.74) is 0. The first-order valence-electron chi connectivity index (χ1n) is 3.86. The summed E-state index contributed by atoms with van der Waals surface area (Å²) in [5.74, 6) is -0.341. The van der Waals surface area contributed by atoms with E-state index in [9.17, 15) is 9.59 Å². The van der Waals surface area contributed by atoms with E-state index in [0.717, 1.165) is 0 Å². The fraction of sp³-hybridized carbons (Fsp3) is 0.500. The van der Waals surface area contributed by atoms with Crippen LogP contribution < -0.4 is 5.32 Å². The number of nitrogens with one attached hydrogen (secondary N) is 1. The van der Waals surface area contributed by atoms with Crippen molar-refractivity contribution < 1.29 is 14.3 Å². The Morgan fingerprint density at radius 3 is 3.00 bits per heavy atom. The van der Waals surface area contributed by atoms with E-state index >= 15 is 0 Å². The lowest BCUT2D eigenvalue weighted by atomic mass is 10.1. The predicted octanol–water partition coefficient (Wildman–Crippen LogP) is -0.00580. The van der Waals surface area contributed by atoms with E-state index in [-0.39, 0.29) is 17.9 Å². The van der Waals surface area contributed by atoms with Gasteiger partial charge in [0.05, 0.1) is 19.1 Å². The third kappa shape index (κ3) is 2.38. The maximum absolute atomic E-state index is 10.7. The molecule has 1 fully saturated rings. The maximum Gasteiger partial charge on any atom is 0.330 e. The van der Waals surface area contributed by atoms with Crippen molar-refractivity contribution in [3.05, 3.63) is 12.2 Å². The Hall–Kier alpha value is -1.32. The fourth-order valence-electron chi connectivity index (χ4n) is 0.887. The Labute approximate surface area is 70.6 Å². The van der Waals surface area contributed by atoms with Crippen LogP contribution in [0.1, 0.15) is 13.3 Å². The van der Waals surface area contributed by atoms with E-state index in [1.807, 2.05) is 0 Å². The van der Waals surface area contributed by atoms with Gasteiger partial charge < -0.3 is 10.1 Å². The van der Waals surface area contributed by atoms with Crippen molar-refractivity contribution in [3.8, 4) is 0 Å². The van der Waals surface area contributed by atoms with Crippen molar-refractivity contribution in [1.82, 2.24) is 5.32 Å². The third-order valence-corrected chi connectivity index (χ3v) is 1.50. The third-order valence-electron chi connectivity index (χ3n) is 1.50. The molecule has 4 nitrogen and oxygen atoms in total. The average Bonchev–Trinajstić information content (AvgIpc) is 1.96. The number of carbonyl (C=O) groups is 2. The SMILES string of the molecule is CCOC(=O)C=C[C@@H]1CC(=O)N1. The highest BCUT2D eigenvalue weighted by molar-refractivity contribution is 5.85. The van der Waals surface area contributed by atoms with Gasteiger partial charge >= 0.3 is 5.97 Å². The van der Waals surface area contributed by atoms with Crippen molar-refractivity contribution in [1.29, 1.82) is 0 Å². The molecule has 0 aromatic rings. The largest absolute Gasteiger partial charge is 0.463 e. The Morgan fingerprint density at radius 1 is 1.83 bits per heavy atom. The van der Waals surface area contributed by atoms with E-state index in [1.54, 1.807) is 13.0 Å². The molecule has 1 atom stereocenters. The molecule has 0 bridgehead atoms. The van der Waals surface area contributed by atoms with Gasteiger partial charge in [0.2, 0.25) is 5.91 Å². The van der Waals surface area contributed by atoms with Gasteiger partial charge in [0.15, 0.2) is 0 Å². The fourth-order valence-corrected chi connectivity index (χ4v) is 0.887. The molecule has 0 aromatic heterocycles. The van der Waals surface area contributed by atoms with Crippen molar-refractivity contribution in [3.63, 3.8) is 0 Å². The summed E-state index contributed by atoms with van der Waals surface area (Å²) in [6, 6.07) is 0.0157. The summed E-state index contributed by atoms with van der Waals surface area (Å²) in [5, 5.41) is 2.61. The van der Waals surface area contributed by atoms with Gasteiger partial charge in [0.25, 0.3) is 0 Å². The van der Waals surface area contributed by atoms with Gasteiger partial charge in [0.1, 0.15) is 0 Å². The van der Waals surface area contributed by atoms with Crippen LogP contribution in [0.25, 0.3) is 0 Å². The first kappa shape index (κ1) is 8.77. The lowest BCUT2D eigenvalue weighted by molar-refractivity contribution is -0.137. The van der Waals surface area contributed by atoms with Crippen LogP contribution in [0.3, 0.4) is 0 Å². The second kappa shape index (κ2) is 3.90. The highest BCUT2D eigenvalue weighted by atomic mass is 16.5. The highest BCUT2D eigenvalue weighted by Gasteiger charge is 2.22. The highest BCUT2D eigenvalue weighted by Crippen LogP contribution is 2.04. The predicted molar refractivity (Wildman–Crippen MR) is 42.3 cm³/mol. The molecule has 1 heterocycles. The summed E-state index contributed by atoms with van der Waals surface area (Å²) in [7, 11) is 0. The minimum absolute atomic E-state index is 0.0157. The molecule has 0 aliphatic carbocycles. The summed E-state index contributed by atoms with van der Waals surface area (Å²) >= 11 is 0. The topological polar surface area (TPSA) is 55.4 Å². The molecule has 12 heavy (non-hydrogen) atoms. The van der Waals surface area contributed by atoms with Crippen LogP contribution in [0, 0.1) is 0 Å². The molecule has 1 N–H and O–H groups in total. The number of esters is 1. The lowest BCUT2D eigenvalue weighted by Crippen LogP contribution is -2.47. The summed E-state index contributed by atoms with van der Waals surface area (Å²) in [6.45, 7) is 2.12. The molecule has 1 aliphatic heterocycles. The molecule has 1 amide bonds. The zero-order valence-electron chi connectivity index (χ0n) is 6.87. The van der Waals surface area contributed by atoms with Crippen molar-refractivity contribution in [2.45, 2.75) is 19.4 Å². The average molecular weight is 169 g/mol. The first-order valence-corrected chi connectivity index (χ1v) is 3.86. The van der Waals surface area contributed by atoms with E-state index in [4.69, 9.17) is 0 Å². The Balaban J connectivity index is 2.21. The van der Waals surface area contributed by atoms with Gasteiger partial charge in [-0.3, -0.25) is 4.79 Å².